The summed E-state index contributed by atoms with van der Waals surface area (Å²) < 4.78 is 38.2. The van der Waals surface area contributed by atoms with Crippen LogP contribution in [0.15, 0.2) is 24.3 Å². The van der Waals surface area contributed by atoms with Gasteiger partial charge in [0.05, 0.1) is 5.56 Å². The molecule has 5 heteroatoms. The van der Waals surface area contributed by atoms with E-state index in [9.17, 15) is 13.2 Å². The van der Waals surface area contributed by atoms with E-state index in [-0.39, 0.29) is 5.56 Å². The number of nitrogens with two attached hydrogens (primary N) is 1. The fourth-order valence-corrected chi connectivity index (χ4v) is 1.63. The SMILES string of the molecule is CN(C)CCC(N)c1ccccc1C(F)(F)F. The van der Waals surface area contributed by atoms with Crippen LogP contribution in [0.25, 0.3) is 0 Å². The number of rotatable bonds is 4. The highest BCUT2D eigenvalue weighted by Crippen LogP contribution is 2.34. The van der Waals surface area contributed by atoms with E-state index in [0.29, 0.717) is 13.0 Å². The number of hydrogen-bond donors (Lipinski definition) is 1. The molecule has 0 spiro atoms. The molecule has 0 aliphatic heterocycles. The van der Waals surface area contributed by atoms with Gasteiger partial charge in [0.1, 0.15) is 0 Å². The van der Waals surface area contributed by atoms with E-state index in [0.717, 1.165) is 6.07 Å². The van der Waals surface area contributed by atoms with Crippen molar-refractivity contribution >= 4 is 0 Å². The Bertz CT molecular complexity index is 361. The zero-order chi connectivity index (χ0) is 13.1. The number of hydrogen-bond acceptors (Lipinski definition) is 2. The third-order valence-electron chi connectivity index (χ3n) is 2.55. The Kier molecular flexibility index (Phi) is 4.54. The third-order valence-corrected chi connectivity index (χ3v) is 2.55. The van der Waals surface area contributed by atoms with Gasteiger partial charge in [-0.1, -0.05) is 18.2 Å². The van der Waals surface area contributed by atoms with E-state index >= 15 is 0 Å². The van der Waals surface area contributed by atoms with Crippen LogP contribution in [0.4, 0.5) is 13.2 Å². The summed E-state index contributed by atoms with van der Waals surface area (Å²) in [5, 5.41) is 0. The molecule has 0 heterocycles. The van der Waals surface area contributed by atoms with Crippen LogP contribution in [-0.4, -0.2) is 25.5 Å². The van der Waals surface area contributed by atoms with Crippen LogP contribution in [0.3, 0.4) is 0 Å². The number of nitrogens with zero attached hydrogens (tertiary/aromatic N) is 1. The maximum atomic E-state index is 12.7. The van der Waals surface area contributed by atoms with Crippen LogP contribution in [0.2, 0.25) is 0 Å². The lowest BCUT2D eigenvalue weighted by molar-refractivity contribution is -0.138. The lowest BCUT2D eigenvalue weighted by Crippen LogP contribution is -2.22. The Balaban J connectivity index is 2.89. The summed E-state index contributed by atoms with van der Waals surface area (Å²) in [5.41, 5.74) is 5.35. The van der Waals surface area contributed by atoms with Crippen molar-refractivity contribution in [2.45, 2.75) is 18.6 Å². The van der Waals surface area contributed by atoms with E-state index in [1.165, 1.54) is 12.1 Å². The Morgan fingerprint density at radius 3 is 2.35 bits per heavy atom. The second kappa shape index (κ2) is 5.51. The molecule has 0 saturated carbocycles. The van der Waals surface area contributed by atoms with Crippen molar-refractivity contribution in [2.75, 3.05) is 20.6 Å². The van der Waals surface area contributed by atoms with E-state index < -0.39 is 17.8 Å². The van der Waals surface area contributed by atoms with Crippen LogP contribution in [0, 0.1) is 0 Å². The molecule has 1 rings (SSSR count). The summed E-state index contributed by atoms with van der Waals surface area (Å²) in [4.78, 5) is 1.90. The average Bonchev–Trinajstić information content (AvgIpc) is 2.24. The molecule has 1 aromatic rings. The van der Waals surface area contributed by atoms with Crippen molar-refractivity contribution in [3.05, 3.63) is 35.4 Å². The summed E-state index contributed by atoms with van der Waals surface area (Å²) in [6, 6.07) is 4.90. The van der Waals surface area contributed by atoms with Crippen molar-refractivity contribution in [1.29, 1.82) is 0 Å². The first-order valence-electron chi connectivity index (χ1n) is 5.39. The molecule has 0 saturated heterocycles. The van der Waals surface area contributed by atoms with Gasteiger partial charge in [-0.05, 0) is 38.7 Å². The second-order valence-corrected chi connectivity index (χ2v) is 4.28. The quantitative estimate of drug-likeness (QED) is 0.885. The zero-order valence-corrected chi connectivity index (χ0v) is 9.96. The van der Waals surface area contributed by atoms with E-state index in [1.807, 2.05) is 19.0 Å². The number of halogens is 3. The predicted molar refractivity (Wildman–Crippen MR) is 61.5 cm³/mol. The minimum absolute atomic E-state index is 0.168. The molecular weight excluding hydrogens is 229 g/mol. The maximum absolute atomic E-state index is 12.7. The highest BCUT2D eigenvalue weighted by Gasteiger charge is 2.34. The summed E-state index contributed by atoms with van der Waals surface area (Å²) in [6.45, 7) is 0.660. The lowest BCUT2D eigenvalue weighted by Gasteiger charge is -2.19. The smallest absolute Gasteiger partial charge is 0.324 e. The Labute approximate surface area is 99.2 Å². The summed E-state index contributed by atoms with van der Waals surface area (Å²) in [7, 11) is 3.73. The fourth-order valence-electron chi connectivity index (χ4n) is 1.63. The van der Waals surface area contributed by atoms with Gasteiger partial charge in [-0.3, -0.25) is 0 Å². The first-order chi connectivity index (χ1) is 7.82. The maximum Gasteiger partial charge on any atom is 0.416 e. The van der Waals surface area contributed by atoms with Crippen LogP contribution in [0.5, 0.6) is 0 Å². The molecule has 0 aromatic heterocycles. The molecular formula is C12H17F3N2. The molecule has 0 aliphatic carbocycles. The molecule has 0 bridgehead atoms. The largest absolute Gasteiger partial charge is 0.416 e. The fraction of sp³-hybridized carbons (Fsp3) is 0.500. The van der Waals surface area contributed by atoms with Gasteiger partial charge in [0.2, 0.25) is 0 Å². The van der Waals surface area contributed by atoms with Crippen molar-refractivity contribution < 1.29 is 13.2 Å². The standard InChI is InChI=1S/C12H17F3N2/c1-17(2)8-7-11(16)9-5-3-4-6-10(9)12(13,14)15/h3-6,11H,7-8,16H2,1-2H3. The van der Waals surface area contributed by atoms with Crippen molar-refractivity contribution in [3.63, 3.8) is 0 Å². The van der Waals surface area contributed by atoms with Crippen LogP contribution in [-0.2, 0) is 6.18 Å². The highest BCUT2D eigenvalue weighted by molar-refractivity contribution is 5.32. The van der Waals surface area contributed by atoms with Gasteiger partial charge in [-0.25, -0.2) is 0 Å². The molecule has 0 radical (unpaired) electrons. The third kappa shape index (κ3) is 4.02. The van der Waals surface area contributed by atoms with Gasteiger partial charge in [0, 0.05) is 6.04 Å². The van der Waals surface area contributed by atoms with Gasteiger partial charge >= 0.3 is 6.18 Å². The summed E-state index contributed by atoms with van der Waals surface area (Å²) in [5.74, 6) is 0. The van der Waals surface area contributed by atoms with E-state index in [2.05, 4.69) is 0 Å². The van der Waals surface area contributed by atoms with Crippen LogP contribution < -0.4 is 5.73 Å². The molecule has 0 aliphatic rings. The van der Waals surface area contributed by atoms with Crippen LogP contribution >= 0.6 is 0 Å². The molecule has 1 atom stereocenters. The second-order valence-electron chi connectivity index (χ2n) is 4.28. The molecule has 96 valence electrons. The van der Waals surface area contributed by atoms with Gasteiger partial charge in [-0.2, -0.15) is 13.2 Å². The van der Waals surface area contributed by atoms with Crippen molar-refractivity contribution in [1.82, 2.24) is 4.90 Å². The topological polar surface area (TPSA) is 29.3 Å². The molecule has 1 unspecified atom stereocenters. The van der Waals surface area contributed by atoms with Crippen molar-refractivity contribution in [3.8, 4) is 0 Å². The Hall–Kier alpha value is -1.07. The molecule has 1 aromatic carbocycles. The number of benzene rings is 1. The van der Waals surface area contributed by atoms with Gasteiger partial charge in [0.25, 0.3) is 0 Å². The first kappa shape index (κ1) is 14.0. The molecule has 2 nitrogen and oxygen atoms in total. The summed E-state index contributed by atoms with van der Waals surface area (Å²) >= 11 is 0. The lowest BCUT2D eigenvalue weighted by atomic mass is 9.98. The normalized spacial score (nSPS) is 14.1. The zero-order valence-electron chi connectivity index (χ0n) is 9.96. The highest BCUT2D eigenvalue weighted by atomic mass is 19.4. The minimum Gasteiger partial charge on any atom is -0.324 e. The average molecular weight is 246 g/mol. The predicted octanol–water partition coefficient (Wildman–Crippen LogP) is 2.66. The van der Waals surface area contributed by atoms with Crippen molar-refractivity contribution in [2.24, 2.45) is 5.73 Å². The van der Waals surface area contributed by atoms with E-state index in [4.69, 9.17) is 5.73 Å². The van der Waals surface area contributed by atoms with Gasteiger partial charge in [0.15, 0.2) is 0 Å². The molecule has 0 amide bonds. The molecule has 2 N–H and O–H groups in total. The van der Waals surface area contributed by atoms with Crippen LogP contribution in [0.1, 0.15) is 23.6 Å². The minimum atomic E-state index is -4.34. The molecule has 0 fully saturated rings. The number of alkyl halides is 3. The Morgan fingerprint density at radius 2 is 1.82 bits per heavy atom. The van der Waals surface area contributed by atoms with E-state index in [1.54, 1.807) is 6.07 Å². The Morgan fingerprint density at radius 1 is 1.24 bits per heavy atom. The first-order valence-corrected chi connectivity index (χ1v) is 5.39. The van der Waals surface area contributed by atoms with Gasteiger partial charge < -0.3 is 10.6 Å². The molecule has 17 heavy (non-hydrogen) atoms. The summed E-state index contributed by atoms with van der Waals surface area (Å²) in [6.07, 6.45) is -3.84. The monoisotopic (exact) mass is 246 g/mol. The van der Waals surface area contributed by atoms with Gasteiger partial charge in [-0.15, -0.1) is 0 Å².